The molecule has 0 bridgehead atoms. The Bertz CT molecular complexity index is 1160. The number of ether oxygens (including phenoxy) is 1. The molecule has 0 aliphatic carbocycles. The Balaban J connectivity index is 1.87. The van der Waals surface area contributed by atoms with Crippen LogP contribution < -0.4 is 10.3 Å². The highest BCUT2D eigenvalue weighted by Gasteiger charge is 2.10. The molecule has 0 saturated heterocycles. The van der Waals surface area contributed by atoms with Gasteiger partial charge in [-0.3, -0.25) is 9.36 Å². The summed E-state index contributed by atoms with van der Waals surface area (Å²) in [6, 6.07) is 24.7. The quantitative estimate of drug-likeness (QED) is 0.539. The molecule has 0 amide bonds. The molecule has 0 saturated carbocycles. The number of fused-ring (bicyclic) bond motifs is 1. The minimum absolute atomic E-state index is 0.0822. The molecule has 4 aromatic rings. The fourth-order valence-corrected chi connectivity index (χ4v) is 2.97. The average Bonchev–Trinajstić information content (AvgIpc) is 2.73. The second kappa shape index (κ2) is 7.30. The first-order chi connectivity index (χ1) is 13.3. The van der Waals surface area contributed by atoms with Gasteiger partial charge in [0.2, 0.25) is 0 Å². The Hall–Kier alpha value is -3.66. The number of aromatic nitrogens is 2. The third kappa shape index (κ3) is 3.37. The van der Waals surface area contributed by atoms with E-state index in [2.05, 4.69) is 0 Å². The summed E-state index contributed by atoms with van der Waals surface area (Å²) < 4.78 is 6.83. The van der Waals surface area contributed by atoms with Crippen molar-refractivity contribution in [3.8, 4) is 11.4 Å². The minimum atomic E-state index is -0.0822. The van der Waals surface area contributed by atoms with Gasteiger partial charge < -0.3 is 4.74 Å². The van der Waals surface area contributed by atoms with E-state index in [4.69, 9.17) is 9.72 Å². The predicted octanol–water partition coefficient (Wildman–Crippen LogP) is 4.56. The summed E-state index contributed by atoms with van der Waals surface area (Å²) >= 11 is 0. The van der Waals surface area contributed by atoms with Crippen molar-refractivity contribution in [2.75, 3.05) is 7.11 Å². The van der Waals surface area contributed by atoms with Crippen LogP contribution in [0.2, 0.25) is 0 Å². The van der Waals surface area contributed by atoms with E-state index in [1.807, 2.05) is 84.9 Å². The SMILES string of the molecule is COc1ccc(C=Cc2nc3ccccc3c(=O)n2-c2ccccc2)cc1. The van der Waals surface area contributed by atoms with Gasteiger partial charge in [-0.15, -0.1) is 0 Å². The summed E-state index contributed by atoms with van der Waals surface area (Å²) in [7, 11) is 1.64. The lowest BCUT2D eigenvalue weighted by Crippen LogP contribution is -2.22. The summed E-state index contributed by atoms with van der Waals surface area (Å²) in [5.41, 5.74) is 2.39. The fourth-order valence-electron chi connectivity index (χ4n) is 2.97. The number of nitrogens with zero attached hydrogens (tertiary/aromatic N) is 2. The highest BCUT2D eigenvalue weighted by molar-refractivity contribution is 5.80. The molecule has 0 unspecified atom stereocenters. The fraction of sp³-hybridized carbons (Fsp3) is 0.0435. The molecule has 0 fully saturated rings. The lowest BCUT2D eigenvalue weighted by atomic mass is 10.2. The molecule has 4 rings (SSSR count). The van der Waals surface area contributed by atoms with Crippen LogP contribution in [0.1, 0.15) is 11.4 Å². The molecule has 27 heavy (non-hydrogen) atoms. The standard InChI is InChI=1S/C23H18N2O2/c1-27-19-14-11-17(12-15-19)13-16-22-24-21-10-6-5-9-20(21)23(26)25(22)18-7-3-2-4-8-18/h2-16H,1H3. The maximum atomic E-state index is 13.1. The molecular formula is C23H18N2O2. The van der Waals surface area contributed by atoms with Crippen molar-refractivity contribution in [2.24, 2.45) is 0 Å². The zero-order chi connectivity index (χ0) is 18.6. The molecule has 0 N–H and O–H groups in total. The van der Waals surface area contributed by atoms with Crippen LogP contribution >= 0.6 is 0 Å². The molecule has 1 aromatic heterocycles. The first-order valence-corrected chi connectivity index (χ1v) is 8.65. The monoisotopic (exact) mass is 354 g/mol. The summed E-state index contributed by atoms with van der Waals surface area (Å²) in [6.45, 7) is 0. The van der Waals surface area contributed by atoms with Crippen LogP contribution in [0.3, 0.4) is 0 Å². The van der Waals surface area contributed by atoms with Gasteiger partial charge in [-0.2, -0.15) is 0 Å². The topological polar surface area (TPSA) is 44.1 Å². The molecule has 0 spiro atoms. The molecule has 0 aliphatic rings. The van der Waals surface area contributed by atoms with Crippen molar-refractivity contribution in [1.82, 2.24) is 9.55 Å². The Morgan fingerprint density at radius 2 is 1.56 bits per heavy atom. The van der Waals surface area contributed by atoms with E-state index < -0.39 is 0 Å². The second-order valence-electron chi connectivity index (χ2n) is 6.07. The van der Waals surface area contributed by atoms with Crippen molar-refractivity contribution < 1.29 is 4.74 Å². The van der Waals surface area contributed by atoms with Gasteiger partial charge in [0.15, 0.2) is 0 Å². The molecule has 1 heterocycles. The first-order valence-electron chi connectivity index (χ1n) is 8.65. The molecule has 0 atom stereocenters. The van der Waals surface area contributed by atoms with Crippen LogP contribution in [0.4, 0.5) is 0 Å². The van der Waals surface area contributed by atoms with Gasteiger partial charge in [-0.1, -0.05) is 48.5 Å². The molecule has 0 aliphatic heterocycles. The van der Waals surface area contributed by atoms with E-state index in [0.717, 1.165) is 17.0 Å². The van der Waals surface area contributed by atoms with Crippen LogP contribution in [-0.2, 0) is 0 Å². The Morgan fingerprint density at radius 3 is 2.30 bits per heavy atom. The van der Waals surface area contributed by atoms with Gasteiger partial charge in [0.1, 0.15) is 11.6 Å². The zero-order valence-electron chi connectivity index (χ0n) is 14.9. The lowest BCUT2D eigenvalue weighted by molar-refractivity contribution is 0.415. The van der Waals surface area contributed by atoms with Crippen molar-refractivity contribution in [2.45, 2.75) is 0 Å². The lowest BCUT2D eigenvalue weighted by Gasteiger charge is -2.11. The predicted molar refractivity (Wildman–Crippen MR) is 109 cm³/mol. The number of rotatable bonds is 4. The largest absolute Gasteiger partial charge is 0.497 e. The number of hydrogen-bond acceptors (Lipinski definition) is 3. The Kier molecular flexibility index (Phi) is 4.54. The second-order valence-corrected chi connectivity index (χ2v) is 6.07. The van der Waals surface area contributed by atoms with Gasteiger partial charge in [-0.05, 0) is 48.0 Å². The summed E-state index contributed by atoms with van der Waals surface area (Å²) in [5, 5.41) is 0.600. The zero-order valence-corrected chi connectivity index (χ0v) is 14.9. The van der Waals surface area contributed by atoms with E-state index in [9.17, 15) is 4.79 Å². The summed E-state index contributed by atoms with van der Waals surface area (Å²) in [6.07, 6.45) is 3.80. The third-order valence-electron chi connectivity index (χ3n) is 4.36. The van der Waals surface area contributed by atoms with Gasteiger partial charge in [0.05, 0.1) is 23.7 Å². The van der Waals surface area contributed by atoms with Gasteiger partial charge in [0, 0.05) is 0 Å². The van der Waals surface area contributed by atoms with Crippen molar-refractivity contribution in [1.29, 1.82) is 0 Å². The Labute approximate surface area is 157 Å². The van der Waals surface area contributed by atoms with E-state index in [0.29, 0.717) is 16.7 Å². The molecule has 4 heteroatoms. The average molecular weight is 354 g/mol. The molecular weight excluding hydrogens is 336 g/mol. The van der Waals surface area contributed by atoms with Crippen molar-refractivity contribution in [3.63, 3.8) is 0 Å². The smallest absolute Gasteiger partial charge is 0.266 e. The van der Waals surface area contributed by atoms with Gasteiger partial charge in [-0.25, -0.2) is 4.98 Å². The maximum Gasteiger partial charge on any atom is 0.266 e. The maximum absolute atomic E-state index is 13.1. The normalized spacial score (nSPS) is 11.1. The van der Waals surface area contributed by atoms with E-state index >= 15 is 0 Å². The molecule has 0 radical (unpaired) electrons. The van der Waals surface area contributed by atoms with Crippen LogP contribution in [0.5, 0.6) is 5.75 Å². The number of hydrogen-bond donors (Lipinski definition) is 0. The number of para-hydroxylation sites is 2. The Morgan fingerprint density at radius 1 is 0.852 bits per heavy atom. The highest BCUT2D eigenvalue weighted by atomic mass is 16.5. The molecule has 132 valence electrons. The van der Waals surface area contributed by atoms with E-state index in [1.54, 1.807) is 17.7 Å². The first kappa shape index (κ1) is 16.8. The van der Waals surface area contributed by atoms with Gasteiger partial charge in [0.25, 0.3) is 5.56 Å². The number of benzene rings is 3. The summed E-state index contributed by atoms with van der Waals surface area (Å²) in [5.74, 6) is 1.39. The van der Waals surface area contributed by atoms with Crippen molar-refractivity contribution >= 4 is 23.1 Å². The molecule has 4 nitrogen and oxygen atoms in total. The third-order valence-corrected chi connectivity index (χ3v) is 4.36. The van der Waals surface area contributed by atoms with E-state index in [1.165, 1.54) is 0 Å². The van der Waals surface area contributed by atoms with Crippen LogP contribution in [-0.4, -0.2) is 16.7 Å². The minimum Gasteiger partial charge on any atom is -0.497 e. The van der Waals surface area contributed by atoms with E-state index in [-0.39, 0.29) is 5.56 Å². The molecule has 3 aromatic carbocycles. The van der Waals surface area contributed by atoms with Crippen LogP contribution in [0, 0.1) is 0 Å². The van der Waals surface area contributed by atoms with Crippen LogP contribution in [0.25, 0.3) is 28.7 Å². The van der Waals surface area contributed by atoms with Crippen LogP contribution in [0.15, 0.2) is 83.7 Å². The van der Waals surface area contributed by atoms with Gasteiger partial charge >= 0.3 is 0 Å². The van der Waals surface area contributed by atoms with Crippen molar-refractivity contribution in [3.05, 3.63) is 101 Å². The highest BCUT2D eigenvalue weighted by Crippen LogP contribution is 2.17. The number of methoxy groups -OCH3 is 1. The summed E-state index contributed by atoms with van der Waals surface area (Å²) in [4.78, 5) is 17.8.